The van der Waals surface area contributed by atoms with Crippen molar-refractivity contribution in [3.8, 4) is 0 Å². The van der Waals surface area contributed by atoms with Crippen LogP contribution >= 0.6 is 11.3 Å². The minimum atomic E-state index is -0.0478. The van der Waals surface area contributed by atoms with E-state index in [-0.39, 0.29) is 17.6 Å². The smallest absolute Gasteiger partial charge is 0.225 e. The van der Waals surface area contributed by atoms with Crippen molar-refractivity contribution in [1.29, 1.82) is 0 Å². The first-order chi connectivity index (χ1) is 8.00. The van der Waals surface area contributed by atoms with E-state index in [1.165, 1.54) is 11.3 Å². The molecule has 0 aliphatic carbocycles. The summed E-state index contributed by atoms with van der Waals surface area (Å²) in [5.41, 5.74) is 0. The van der Waals surface area contributed by atoms with Crippen LogP contribution in [0, 0.1) is 5.92 Å². The number of hydrogen-bond donors (Lipinski definition) is 0. The Balaban J connectivity index is 2.37. The van der Waals surface area contributed by atoms with Crippen LogP contribution in [0.2, 0.25) is 0 Å². The molecule has 92 valence electrons. The molecule has 0 spiro atoms. The largest absolute Gasteiger partial charge is 0.296 e. The van der Waals surface area contributed by atoms with Gasteiger partial charge in [0, 0.05) is 24.3 Å². The molecule has 17 heavy (non-hydrogen) atoms. The predicted molar refractivity (Wildman–Crippen MR) is 67.6 cm³/mol. The molecule has 0 saturated carbocycles. The van der Waals surface area contributed by atoms with Crippen LogP contribution < -0.4 is 4.90 Å². The van der Waals surface area contributed by atoms with Crippen molar-refractivity contribution in [3.05, 3.63) is 9.88 Å². The molecule has 2 rings (SSSR count). The fraction of sp³-hybridized carbons (Fsp3) is 0.583. The summed E-state index contributed by atoms with van der Waals surface area (Å²) in [6.07, 6.45) is 1.87. The number of Topliss-reactive ketones (excluding diaryl/α,β-unsaturated/α-hetero) is 1. The number of carbonyl (C=O) groups is 2. The van der Waals surface area contributed by atoms with Crippen molar-refractivity contribution in [2.45, 2.75) is 33.6 Å². The molecule has 1 amide bonds. The topological polar surface area (TPSA) is 50.3 Å². The minimum Gasteiger partial charge on any atom is -0.296 e. The number of aryl methyl sites for hydroxylation is 1. The van der Waals surface area contributed by atoms with Crippen LogP contribution in [0.3, 0.4) is 0 Å². The highest BCUT2D eigenvalue weighted by Gasteiger charge is 2.26. The fourth-order valence-corrected chi connectivity index (χ4v) is 3.08. The summed E-state index contributed by atoms with van der Waals surface area (Å²) in [5.74, 6) is 0.721. The number of nitrogens with zero attached hydrogens (tertiary/aromatic N) is 2. The van der Waals surface area contributed by atoms with Gasteiger partial charge in [-0.15, -0.1) is 11.3 Å². The third kappa shape index (κ3) is 2.24. The maximum Gasteiger partial charge on any atom is 0.225 e. The third-order valence-electron chi connectivity index (χ3n) is 2.83. The van der Waals surface area contributed by atoms with Gasteiger partial charge in [-0.05, 0) is 12.8 Å². The minimum absolute atomic E-state index is 0.000189. The Hall–Kier alpha value is -1.23. The Labute approximate surface area is 105 Å². The average Bonchev–Trinajstić information content (AvgIpc) is 2.70. The highest BCUT2D eigenvalue weighted by atomic mass is 32.1. The Kier molecular flexibility index (Phi) is 3.28. The number of anilines is 1. The highest BCUT2D eigenvalue weighted by molar-refractivity contribution is 7.14. The molecule has 4 nitrogen and oxygen atoms in total. The molecule has 0 atom stereocenters. The number of fused-ring (bicyclic) bond motifs is 1. The quantitative estimate of drug-likeness (QED) is 0.759. The second-order valence-corrected chi connectivity index (χ2v) is 5.64. The van der Waals surface area contributed by atoms with E-state index in [2.05, 4.69) is 4.98 Å². The zero-order valence-corrected chi connectivity index (χ0v) is 11.1. The summed E-state index contributed by atoms with van der Waals surface area (Å²) in [5, 5.41) is 0.540. The predicted octanol–water partition coefficient (Wildman–Crippen LogP) is 2.28. The Bertz CT molecular complexity index is 465. The Morgan fingerprint density at radius 1 is 1.41 bits per heavy atom. The molecular formula is C12H16N2O2S. The summed E-state index contributed by atoms with van der Waals surface area (Å²) in [6.45, 7) is 5.98. The van der Waals surface area contributed by atoms with Gasteiger partial charge in [0.25, 0.3) is 0 Å². The van der Waals surface area contributed by atoms with Crippen molar-refractivity contribution in [2.24, 2.45) is 5.92 Å². The molecule has 0 unspecified atom stereocenters. The molecule has 0 saturated heterocycles. The zero-order valence-electron chi connectivity index (χ0n) is 10.3. The first-order valence-corrected chi connectivity index (χ1v) is 6.64. The van der Waals surface area contributed by atoms with Crippen LogP contribution in [-0.4, -0.2) is 23.2 Å². The monoisotopic (exact) mass is 252 g/mol. The lowest BCUT2D eigenvalue weighted by atomic mass is 10.1. The second-order valence-electron chi connectivity index (χ2n) is 4.56. The molecule has 5 heteroatoms. The first kappa shape index (κ1) is 12.2. The summed E-state index contributed by atoms with van der Waals surface area (Å²) >= 11 is 1.44. The van der Waals surface area contributed by atoms with Gasteiger partial charge in [-0.3, -0.25) is 14.5 Å². The number of amides is 1. The Morgan fingerprint density at radius 2 is 2.12 bits per heavy atom. The molecular weight excluding hydrogens is 236 g/mol. The summed E-state index contributed by atoms with van der Waals surface area (Å²) in [4.78, 5) is 30.5. The number of hydrogen-bond acceptors (Lipinski definition) is 4. The highest BCUT2D eigenvalue weighted by Crippen LogP contribution is 2.32. The van der Waals surface area contributed by atoms with Crippen LogP contribution in [-0.2, 0) is 11.2 Å². The molecule has 0 bridgehead atoms. The number of rotatable bonds is 2. The van der Waals surface area contributed by atoms with E-state index in [1.807, 2.05) is 13.8 Å². The van der Waals surface area contributed by atoms with Crippen molar-refractivity contribution in [2.75, 3.05) is 11.4 Å². The van der Waals surface area contributed by atoms with E-state index in [4.69, 9.17) is 0 Å². The zero-order chi connectivity index (χ0) is 12.6. The van der Waals surface area contributed by atoms with Crippen LogP contribution in [0.5, 0.6) is 0 Å². The first-order valence-electron chi connectivity index (χ1n) is 5.82. The molecule has 1 aromatic rings. The third-order valence-corrected chi connectivity index (χ3v) is 3.95. The maximum absolute atomic E-state index is 11.9. The van der Waals surface area contributed by atoms with Crippen LogP contribution in [0.25, 0.3) is 0 Å². The van der Waals surface area contributed by atoms with Gasteiger partial charge < -0.3 is 0 Å². The molecule has 1 aromatic heterocycles. The van der Waals surface area contributed by atoms with Crippen LogP contribution in [0.4, 0.5) is 5.82 Å². The van der Waals surface area contributed by atoms with E-state index in [0.717, 1.165) is 17.7 Å². The van der Waals surface area contributed by atoms with E-state index in [9.17, 15) is 9.59 Å². The van der Waals surface area contributed by atoms with Gasteiger partial charge in [0.05, 0.1) is 0 Å². The van der Waals surface area contributed by atoms with E-state index in [0.29, 0.717) is 17.4 Å². The molecule has 0 fully saturated rings. The van der Waals surface area contributed by atoms with Gasteiger partial charge in [-0.25, -0.2) is 4.98 Å². The maximum atomic E-state index is 11.9. The van der Waals surface area contributed by atoms with Crippen molar-refractivity contribution in [1.82, 2.24) is 4.98 Å². The lowest BCUT2D eigenvalue weighted by Gasteiger charge is -2.23. The number of ketones is 1. The van der Waals surface area contributed by atoms with Gasteiger partial charge in [0.15, 0.2) is 10.8 Å². The fourth-order valence-electron chi connectivity index (χ4n) is 1.88. The molecule has 1 aliphatic heterocycles. The molecule has 1 aliphatic rings. The normalized spacial score (nSPS) is 14.9. The van der Waals surface area contributed by atoms with Gasteiger partial charge in [0.2, 0.25) is 5.91 Å². The SMILES string of the molecule is CC(=O)N1CCCc2sc(C(=O)C(C)C)nc21. The standard InChI is InChI=1S/C12H16N2O2S/c1-7(2)10(16)12-13-11-9(17-12)5-4-6-14(11)8(3)15/h7H,4-6H2,1-3H3. The number of thiazole rings is 1. The van der Waals surface area contributed by atoms with E-state index in [1.54, 1.807) is 11.8 Å². The lowest BCUT2D eigenvalue weighted by Crippen LogP contribution is -2.33. The van der Waals surface area contributed by atoms with Crippen molar-refractivity contribution < 1.29 is 9.59 Å². The molecule has 0 radical (unpaired) electrons. The summed E-state index contributed by atoms with van der Waals surface area (Å²) < 4.78 is 0. The number of carbonyl (C=O) groups excluding carboxylic acids is 2. The van der Waals surface area contributed by atoms with E-state index < -0.39 is 0 Å². The average molecular weight is 252 g/mol. The van der Waals surface area contributed by atoms with Crippen molar-refractivity contribution in [3.63, 3.8) is 0 Å². The van der Waals surface area contributed by atoms with E-state index >= 15 is 0 Å². The number of aromatic nitrogens is 1. The van der Waals surface area contributed by atoms with Crippen molar-refractivity contribution >= 4 is 28.8 Å². The Morgan fingerprint density at radius 3 is 2.71 bits per heavy atom. The van der Waals surface area contributed by atoms with Gasteiger partial charge in [-0.1, -0.05) is 13.8 Å². The van der Waals surface area contributed by atoms with Gasteiger partial charge in [-0.2, -0.15) is 0 Å². The second kappa shape index (κ2) is 4.56. The summed E-state index contributed by atoms with van der Waals surface area (Å²) in [6, 6.07) is 0. The molecule has 0 aromatic carbocycles. The molecule has 0 N–H and O–H groups in total. The lowest BCUT2D eigenvalue weighted by molar-refractivity contribution is -0.116. The van der Waals surface area contributed by atoms with Crippen LogP contribution in [0.15, 0.2) is 0 Å². The van der Waals surface area contributed by atoms with Gasteiger partial charge in [0.1, 0.15) is 5.82 Å². The summed E-state index contributed by atoms with van der Waals surface area (Å²) in [7, 11) is 0. The molecule has 2 heterocycles. The van der Waals surface area contributed by atoms with Crippen LogP contribution in [0.1, 0.15) is 41.9 Å². The van der Waals surface area contributed by atoms with Gasteiger partial charge >= 0.3 is 0 Å².